The van der Waals surface area contributed by atoms with Gasteiger partial charge in [-0.1, -0.05) is 60.7 Å². The molecule has 0 spiro atoms. The molecular weight excluding hydrogens is 474 g/mol. The van der Waals surface area contributed by atoms with Crippen LogP contribution in [0.25, 0.3) is 20.7 Å². The highest BCUT2D eigenvalue weighted by Crippen LogP contribution is 2.39. The van der Waals surface area contributed by atoms with E-state index >= 15 is 0 Å². The van der Waals surface area contributed by atoms with Gasteiger partial charge in [-0.15, -0.1) is 11.3 Å². The van der Waals surface area contributed by atoms with Crippen LogP contribution in [0.1, 0.15) is 5.56 Å². The van der Waals surface area contributed by atoms with Gasteiger partial charge in [-0.2, -0.15) is 0 Å². The number of carbonyl (C=O) groups excluding carboxylic acids is 1. The summed E-state index contributed by atoms with van der Waals surface area (Å²) < 4.78 is 7.17. The Hall–Kier alpha value is -4.07. The van der Waals surface area contributed by atoms with Crippen molar-refractivity contribution in [2.24, 2.45) is 0 Å². The molecule has 172 valence electrons. The number of rotatable bonds is 6. The van der Waals surface area contributed by atoms with Gasteiger partial charge in [0.25, 0.3) is 0 Å². The Morgan fingerprint density at radius 3 is 2.37 bits per heavy atom. The van der Waals surface area contributed by atoms with Crippen molar-refractivity contribution in [2.75, 3.05) is 5.32 Å². The number of thiophene rings is 1. The number of thiocarbonyl (C=S) groups is 1. The summed E-state index contributed by atoms with van der Waals surface area (Å²) >= 11 is 6.94. The van der Waals surface area contributed by atoms with Gasteiger partial charge in [0, 0.05) is 22.8 Å². The van der Waals surface area contributed by atoms with Crippen molar-refractivity contribution in [1.29, 1.82) is 0 Å². The van der Waals surface area contributed by atoms with Crippen LogP contribution >= 0.6 is 23.6 Å². The fraction of sp³-hybridized carbons (Fsp3) is 0.0357. The Morgan fingerprint density at radius 2 is 1.63 bits per heavy atom. The Morgan fingerprint density at radius 1 is 0.914 bits per heavy atom. The number of fused-ring (bicyclic) bond motifs is 1. The fourth-order valence-corrected chi connectivity index (χ4v) is 4.89. The molecule has 2 heterocycles. The number of nitrogens with one attached hydrogen (secondary N) is 2. The number of nitrogens with zero attached hydrogens (tertiary/aromatic N) is 1. The second-order valence-electron chi connectivity index (χ2n) is 7.79. The summed E-state index contributed by atoms with van der Waals surface area (Å²) in [6, 6.07) is 31.2. The monoisotopic (exact) mass is 495 g/mol. The molecule has 0 aliphatic carbocycles. The number of anilines is 1. The molecule has 7 heteroatoms. The highest BCUT2D eigenvalue weighted by Gasteiger charge is 2.11. The summed E-state index contributed by atoms with van der Waals surface area (Å²) in [7, 11) is 0. The topological polar surface area (TPSA) is 63.2 Å². The van der Waals surface area contributed by atoms with Crippen LogP contribution in [0.4, 0.5) is 5.69 Å². The van der Waals surface area contributed by atoms with E-state index in [9.17, 15) is 4.79 Å². The number of benzene rings is 3. The van der Waals surface area contributed by atoms with E-state index in [1.54, 1.807) is 17.5 Å². The van der Waals surface area contributed by atoms with Crippen LogP contribution < -0.4 is 15.4 Å². The van der Waals surface area contributed by atoms with E-state index in [1.807, 2.05) is 78.9 Å². The lowest BCUT2D eigenvalue weighted by atomic mass is 10.1. The molecule has 0 saturated carbocycles. The zero-order chi connectivity index (χ0) is 24.0. The Bertz CT molecular complexity index is 1470. The summed E-state index contributed by atoms with van der Waals surface area (Å²) in [6.45, 7) is 0. The number of aromatic nitrogens is 1. The molecule has 1 amide bonds. The molecule has 3 aromatic carbocycles. The number of carbonyl (C=O) groups is 1. The third kappa shape index (κ3) is 5.71. The molecule has 5 rings (SSSR count). The second kappa shape index (κ2) is 10.5. The molecule has 0 bridgehead atoms. The lowest BCUT2D eigenvalue weighted by Crippen LogP contribution is -2.35. The summed E-state index contributed by atoms with van der Waals surface area (Å²) in [4.78, 5) is 17.8. The third-order valence-electron chi connectivity index (χ3n) is 5.23. The van der Waals surface area contributed by atoms with Crippen LogP contribution in [0.2, 0.25) is 0 Å². The zero-order valence-electron chi connectivity index (χ0n) is 18.6. The van der Waals surface area contributed by atoms with Crippen molar-refractivity contribution < 1.29 is 9.53 Å². The maximum atomic E-state index is 12.2. The highest BCUT2D eigenvalue weighted by atomic mass is 32.1. The Labute approximate surface area is 212 Å². The zero-order valence-corrected chi connectivity index (χ0v) is 20.2. The smallest absolute Gasteiger partial charge is 0.230 e. The van der Waals surface area contributed by atoms with Gasteiger partial charge >= 0.3 is 0 Å². The van der Waals surface area contributed by atoms with E-state index in [2.05, 4.69) is 33.8 Å². The molecule has 0 aliphatic heterocycles. The van der Waals surface area contributed by atoms with Crippen molar-refractivity contribution >= 4 is 50.5 Å². The average molecular weight is 496 g/mol. The van der Waals surface area contributed by atoms with Gasteiger partial charge in [0.1, 0.15) is 11.5 Å². The van der Waals surface area contributed by atoms with Crippen LogP contribution in [-0.4, -0.2) is 16.0 Å². The average Bonchev–Trinajstić information content (AvgIpc) is 3.32. The third-order valence-corrected chi connectivity index (χ3v) is 6.63. The SMILES string of the molecule is O=C(Cc1ccccc1)NC(=S)Nc1ccc(Oc2ccnc3cc(-c4ccccc4)sc23)cc1. The first-order valence-electron chi connectivity index (χ1n) is 11.0. The first kappa shape index (κ1) is 22.7. The molecule has 0 aliphatic rings. The molecule has 0 fully saturated rings. The molecule has 35 heavy (non-hydrogen) atoms. The Balaban J connectivity index is 1.23. The summed E-state index contributed by atoms with van der Waals surface area (Å²) in [6.07, 6.45) is 2.02. The molecule has 2 aromatic heterocycles. The van der Waals surface area contributed by atoms with E-state index in [0.29, 0.717) is 5.75 Å². The van der Waals surface area contributed by atoms with Gasteiger partial charge in [0.2, 0.25) is 5.91 Å². The van der Waals surface area contributed by atoms with Gasteiger partial charge in [0.05, 0.1) is 16.6 Å². The van der Waals surface area contributed by atoms with Crippen molar-refractivity contribution in [2.45, 2.75) is 6.42 Å². The maximum Gasteiger partial charge on any atom is 0.230 e. The summed E-state index contributed by atoms with van der Waals surface area (Å²) in [5, 5.41) is 6.00. The Kier molecular flexibility index (Phi) is 6.79. The molecule has 5 aromatic rings. The van der Waals surface area contributed by atoms with Crippen molar-refractivity contribution in [3.8, 4) is 21.9 Å². The first-order valence-corrected chi connectivity index (χ1v) is 12.2. The molecule has 0 radical (unpaired) electrons. The minimum Gasteiger partial charge on any atom is -0.456 e. The normalized spacial score (nSPS) is 10.6. The van der Waals surface area contributed by atoms with Gasteiger partial charge in [-0.25, -0.2) is 0 Å². The van der Waals surface area contributed by atoms with Crippen LogP contribution in [0.5, 0.6) is 11.5 Å². The van der Waals surface area contributed by atoms with Crippen molar-refractivity contribution in [1.82, 2.24) is 10.3 Å². The first-order chi connectivity index (χ1) is 17.1. The minimum absolute atomic E-state index is 0.166. The molecule has 0 saturated heterocycles. The number of ether oxygens (including phenoxy) is 1. The van der Waals surface area contributed by atoms with E-state index in [-0.39, 0.29) is 17.4 Å². The fourth-order valence-electron chi connectivity index (χ4n) is 3.59. The molecule has 2 N–H and O–H groups in total. The maximum absolute atomic E-state index is 12.2. The number of pyridine rings is 1. The predicted molar refractivity (Wildman–Crippen MR) is 146 cm³/mol. The molecular formula is C28H21N3O2S2. The lowest BCUT2D eigenvalue weighted by molar-refractivity contribution is -0.119. The van der Waals surface area contributed by atoms with E-state index in [0.717, 1.165) is 37.7 Å². The van der Waals surface area contributed by atoms with Gasteiger partial charge in [-0.05, 0) is 53.7 Å². The minimum atomic E-state index is -0.166. The summed E-state index contributed by atoms with van der Waals surface area (Å²) in [5.74, 6) is 1.28. The van der Waals surface area contributed by atoms with Crippen LogP contribution in [0.15, 0.2) is 103 Å². The summed E-state index contributed by atoms with van der Waals surface area (Å²) in [5.41, 5.74) is 3.75. The molecule has 0 unspecified atom stereocenters. The van der Waals surface area contributed by atoms with E-state index in [1.165, 1.54) is 0 Å². The van der Waals surface area contributed by atoms with Gasteiger partial charge < -0.3 is 15.4 Å². The van der Waals surface area contributed by atoms with Crippen molar-refractivity contribution in [3.05, 3.63) is 109 Å². The number of amides is 1. The largest absolute Gasteiger partial charge is 0.456 e. The van der Waals surface area contributed by atoms with Crippen molar-refractivity contribution in [3.63, 3.8) is 0 Å². The number of hydrogen-bond donors (Lipinski definition) is 2. The van der Waals surface area contributed by atoms with E-state index < -0.39 is 0 Å². The second-order valence-corrected chi connectivity index (χ2v) is 9.25. The molecule has 0 atom stereocenters. The van der Waals surface area contributed by atoms with Crippen LogP contribution in [0.3, 0.4) is 0 Å². The predicted octanol–water partition coefficient (Wildman–Crippen LogP) is 6.81. The number of hydrogen-bond acceptors (Lipinski definition) is 5. The van der Waals surface area contributed by atoms with Crippen LogP contribution in [0, 0.1) is 0 Å². The van der Waals surface area contributed by atoms with Gasteiger partial charge in [0.15, 0.2) is 5.11 Å². The van der Waals surface area contributed by atoms with E-state index in [4.69, 9.17) is 17.0 Å². The highest BCUT2D eigenvalue weighted by molar-refractivity contribution is 7.80. The van der Waals surface area contributed by atoms with Gasteiger partial charge in [-0.3, -0.25) is 9.78 Å². The molecule has 5 nitrogen and oxygen atoms in total. The quantitative estimate of drug-likeness (QED) is 0.253. The van der Waals surface area contributed by atoms with Crippen LogP contribution in [-0.2, 0) is 11.2 Å². The lowest BCUT2D eigenvalue weighted by Gasteiger charge is -2.11. The standard InChI is InChI=1S/C28H21N3O2S2/c32-26(17-19-7-3-1-4-8-19)31-28(34)30-21-11-13-22(14-12-21)33-24-15-16-29-23-18-25(35-27(23)24)20-9-5-2-6-10-20/h1-16,18H,17H2,(H2,30,31,32,34).